The molecule has 8 N–H and O–H groups in total. The van der Waals surface area contributed by atoms with Crippen LogP contribution in [0.5, 0.6) is 5.75 Å². The highest BCUT2D eigenvalue weighted by atomic mass is 16.4. The van der Waals surface area contributed by atoms with Crippen LogP contribution in [0.4, 0.5) is 0 Å². The molecule has 0 heterocycles. The lowest BCUT2D eigenvalue weighted by atomic mass is 9.51. The normalized spacial score (nSPS) is 31.0. The quantitative estimate of drug-likeness (QED) is 0.251. The third-order valence-electron chi connectivity index (χ3n) is 8.12. The van der Waals surface area contributed by atoms with Crippen molar-refractivity contribution in [3.63, 3.8) is 0 Å². The number of hydrogen-bond donors (Lipinski definition) is 7. The van der Waals surface area contributed by atoms with Gasteiger partial charge in [-0.05, 0) is 38.5 Å². The lowest BCUT2D eigenvalue weighted by Crippen LogP contribution is -2.70. The minimum absolute atomic E-state index is 0.0179. The molecule has 0 aromatic heterocycles. The van der Waals surface area contributed by atoms with Crippen molar-refractivity contribution in [2.24, 2.45) is 23.0 Å². The lowest BCUT2D eigenvalue weighted by molar-refractivity contribution is -0.168. The maximum atomic E-state index is 13.9. The molecule has 3 aliphatic carbocycles. The molecule has 5 atom stereocenters. The number of benzene rings is 1. The Hall–Kier alpha value is -3.25. The number of aliphatic hydroxyl groups is 4. The minimum Gasteiger partial charge on any atom is -0.510 e. The zero-order valence-electron chi connectivity index (χ0n) is 22.1. The molecule has 0 saturated carbocycles. The number of aromatic hydroxyl groups is 1. The molecule has 1 unspecified atom stereocenters. The van der Waals surface area contributed by atoms with Crippen molar-refractivity contribution in [3.05, 3.63) is 51.5 Å². The average Bonchev–Trinajstić information content (AvgIpc) is 2.80. The maximum absolute atomic E-state index is 13.9. The number of hydrogen-bond acceptors (Lipinski definition) is 10. The first kappa shape index (κ1) is 27.8. The number of primary amides is 1. The fourth-order valence-corrected chi connectivity index (χ4v) is 6.28. The van der Waals surface area contributed by atoms with Gasteiger partial charge in [-0.15, -0.1) is 0 Å². The van der Waals surface area contributed by atoms with Gasteiger partial charge in [0, 0.05) is 17.5 Å². The van der Waals surface area contributed by atoms with E-state index in [1.165, 1.54) is 25.9 Å². The SMILES string of the molecule is CC(C)CNCc1ccc2c(c1O)C(=O)C1=C(O)[C@]3(O)C(=O)C(C(N)=O)=C(O)[C@@H](N(C)C)C3[C@@H](O)[C@]1(C)C2. The Morgan fingerprint density at radius 3 is 2.39 bits per heavy atom. The van der Waals surface area contributed by atoms with Crippen LogP contribution in [0.25, 0.3) is 0 Å². The summed E-state index contributed by atoms with van der Waals surface area (Å²) in [6.07, 6.45) is -1.66. The van der Waals surface area contributed by atoms with Gasteiger partial charge in [-0.3, -0.25) is 19.3 Å². The molecule has 11 nitrogen and oxygen atoms in total. The summed E-state index contributed by atoms with van der Waals surface area (Å²) in [7, 11) is 2.99. The number of carbonyl (C=O) groups is 3. The molecular formula is C27H35N3O8. The molecule has 1 amide bonds. The number of nitrogens with one attached hydrogen (secondary N) is 1. The Bertz CT molecular complexity index is 1300. The predicted molar refractivity (Wildman–Crippen MR) is 136 cm³/mol. The first-order valence-corrected chi connectivity index (χ1v) is 12.5. The van der Waals surface area contributed by atoms with Crippen LogP contribution in [-0.2, 0) is 22.6 Å². The fourth-order valence-electron chi connectivity index (χ4n) is 6.28. The third kappa shape index (κ3) is 3.68. The zero-order chi connectivity index (χ0) is 28.5. The Morgan fingerprint density at radius 1 is 1.21 bits per heavy atom. The number of phenolic OH excluding ortho intramolecular Hbond substituents is 1. The number of nitrogens with two attached hydrogens (primary N) is 1. The smallest absolute Gasteiger partial charge is 0.255 e. The maximum Gasteiger partial charge on any atom is 0.255 e. The van der Waals surface area contributed by atoms with E-state index in [1.54, 1.807) is 12.1 Å². The van der Waals surface area contributed by atoms with Gasteiger partial charge in [-0.1, -0.05) is 32.9 Å². The number of carbonyl (C=O) groups excluding carboxylic acids is 3. The molecule has 0 aliphatic heterocycles. The van der Waals surface area contributed by atoms with Crippen molar-refractivity contribution in [1.29, 1.82) is 0 Å². The molecule has 0 radical (unpaired) electrons. The van der Waals surface area contributed by atoms with Crippen molar-refractivity contribution in [3.8, 4) is 5.75 Å². The van der Waals surface area contributed by atoms with Crippen molar-refractivity contribution >= 4 is 17.5 Å². The molecule has 3 aliphatic rings. The van der Waals surface area contributed by atoms with Crippen molar-refractivity contribution in [1.82, 2.24) is 10.2 Å². The highest BCUT2D eigenvalue weighted by molar-refractivity contribution is 6.25. The number of likely N-dealkylation sites (N-methyl/N-ethyl adjacent to an activating group) is 1. The van der Waals surface area contributed by atoms with Crippen LogP contribution < -0.4 is 11.1 Å². The molecule has 0 spiro atoms. The van der Waals surface area contributed by atoms with Gasteiger partial charge in [-0.2, -0.15) is 0 Å². The Labute approximate surface area is 220 Å². The van der Waals surface area contributed by atoms with Gasteiger partial charge < -0.3 is 36.6 Å². The van der Waals surface area contributed by atoms with Gasteiger partial charge in [0.2, 0.25) is 5.78 Å². The predicted octanol–water partition coefficient (Wildman–Crippen LogP) is 0.227. The van der Waals surface area contributed by atoms with Crippen LogP contribution in [0.1, 0.15) is 42.3 Å². The fraction of sp³-hybridized carbons (Fsp3) is 0.519. The first-order chi connectivity index (χ1) is 17.6. The third-order valence-corrected chi connectivity index (χ3v) is 8.12. The summed E-state index contributed by atoms with van der Waals surface area (Å²) in [5, 5.41) is 60.0. The molecule has 0 saturated heterocycles. The summed E-state index contributed by atoms with van der Waals surface area (Å²) in [5.74, 6) is -6.86. The molecule has 0 bridgehead atoms. The number of aliphatic hydroxyl groups excluding tert-OH is 3. The monoisotopic (exact) mass is 529 g/mol. The van der Waals surface area contributed by atoms with Crippen molar-refractivity contribution in [2.45, 2.75) is 51.5 Å². The number of fused-ring (bicyclic) bond motifs is 3. The second-order valence-corrected chi connectivity index (χ2v) is 11.4. The molecule has 4 rings (SSSR count). The van der Waals surface area contributed by atoms with E-state index in [1.807, 2.05) is 13.8 Å². The largest absolute Gasteiger partial charge is 0.510 e. The second-order valence-electron chi connectivity index (χ2n) is 11.4. The van der Waals surface area contributed by atoms with Gasteiger partial charge in [0.15, 0.2) is 11.4 Å². The summed E-state index contributed by atoms with van der Waals surface area (Å²) < 4.78 is 0. The Balaban J connectivity index is 1.93. The van der Waals surface area contributed by atoms with E-state index in [0.717, 1.165) is 0 Å². The summed E-state index contributed by atoms with van der Waals surface area (Å²) in [6, 6.07) is 2.05. The van der Waals surface area contributed by atoms with Crippen molar-refractivity contribution in [2.75, 3.05) is 20.6 Å². The van der Waals surface area contributed by atoms with E-state index < -0.39 is 69.2 Å². The lowest BCUT2D eigenvalue weighted by Gasteiger charge is -2.56. The van der Waals surface area contributed by atoms with Crippen LogP contribution in [0.15, 0.2) is 34.8 Å². The van der Waals surface area contributed by atoms with Gasteiger partial charge in [0.25, 0.3) is 5.91 Å². The van der Waals surface area contributed by atoms with Gasteiger partial charge in [-0.25, -0.2) is 0 Å². The number of rotatable bonds is 6. The van der Waals surface area contributed by atoms with Crippen LogP contribution in [0.2, 0.25) is 0 Å². The van der Waals surface area contributed by atoms with Crippen LogP contribution in [0.3, 0.4) is 0 Å². The molecule has 38 heavy (non-hydrogen) atoms. The molecule has 11 heteroatoms. The summed E-state index contributed by atoms with van der Waals surface area (Å²) in [6.45, 7) is 6.51. The van der Waals surface area contributed by atoms with E-state index in [9.17, 15) is 39.9 Å². The second kappa shape index (κ2) is 9.19. The van der Waals surface area contributed by atoms with Crippen LogP contribution in [0, 0.1) is 17.3 Å². The van der Waals surface area contributed by atoms with E-state index >= 15 is 0 Å². The van der Waals surface area contributed by atoms with Crippen molar-refractivity contribution < 1.29 is 39.9 Å². The summed E-state index contributed by atoms with van der Waals surface area (Å²) in [5.41, 5.74) is 0.318. The molecule has 1 aromatic carbocycles. The van der Waals surface area contributed by atoms with Crippen LogP contribution >= 0.6 is 0 Å². The average molecular weight is 530 g/mol. The standard InChI is InChI=1S/C27H35N3O8/c1-11(2)9-29-10-13-7-6-12-8-26(3)17(20(32)14(12)19(13)31)24(36)27(38)16(23(26)35)18(30(4)5)21(33)15(22(27)34)25(28)37/h6-7,11,16,18,23,29,31,33,35-36,38H,8-10H2,1-5H3,(H2,28,37)/t16?,18-,23+,26+,27+/m0/s1. The Kier molecular flexibility index (Phi) is 6.72. The summed E-state index contributed by atoms with van der Waals surface area (Å²) in [4.78, 5) is 40.8. The number of ketones is 2. The number of Topliss-reactive ketones (excluding diaryl/α,β-unsaturated/α-hetero) is 2. The molecule has 0 fully saturated rings. The number of phenols is 1. The highest BCUT2D eigenvalue weighted by Gasteiger charge is 2.69. The van der Waals surface area contributed by atoms with E-state index in [0.29, 0.717) is 23.6 Å². The van der Waals surface area contributed by atoms with Gasteiger partial charge >= 0.3 is 0 Å². The van der Waals surface area contributed by atoms with Crippen LogP contribution in [-0.4, -0.2) is 86.3 Å². The molecule has 1 aromatic rings. The van der Waals surface area contributed by atoms with E-state index in [-0.39, 0.29) is 24.3 Å². The first-order valence-electron chi connectivity index (χ1n) is 12.5. The molecular weight excluding hydrogens is 494 g/mol. The minimum atomic E-state index is -2.93. The van der Waals surface area contributed by atoms with E-state index in [2.05, 4.69) is 5.32 Å². The highest BCUT2D eigenvalue weighted by Crippen LogP contribution is 2.57. The zero-order valence-corrected chi connectivity index (χ0v) is 22.1. The van der Waals surface area contributed by atoms with Gasteiger partial charge in [0.05, 0.1) is 29.2 Å². The number of nitrogens with zero attached hydrogens (tertiary/aromatic N) is 1. The Morgan fingerprint density at radius 2 is 1.84 bits per heavy atom. The molecule has 206 valence electrons. The summed E-state index contributed by atoms with van der Waals surface area (Å²) >= 11 is 0. The number of amides is 1. The topological polar surface area (TPSA) is 194 Å². The van der Waals surface area contributed by atoms with E-state index in [4.69, 9.17) is 5.73 Å². The van der Waals surface area contributed by atoms with Gasteiger partial charge in [0.1, 0.15) is 22.8 Å².